The van der Waals surface area contributed by atoms with Crippen molar-refractivity contribution in [3.8, 4) is 0 Å². The van der Waals surface area contributed by atoms with Gasteiger partial charge in [-0.2, -0.15) is 13.2 Å². The summed E-state index contributed by atoms with van der Waals surface area (Å²) >= 11 is 3.05. The minimum absolute atomic E-state index is 0.0207. The van der Waals surface area contributed by atoms with Crippen LogP contribution in [-0.2, 0) is 17.8 Å². The smallest absolute Gasteiger partial charge is 0.330 e. The van der Waals surface area contributed by atoms with E-state index in [1.165, 1.54) is 12.1 Å². The van der Waals surface area contributed by atoms with Crippen LogP contribution in [0.5, 0.6) is 0 Å². The molecule has 0 saturated carbocycles. The van der Waals surface area contributed by atoms with E-state index in [0.29, 0.717) is 16.0 Å². The van der Waals surface area contributed by atoms with E-state index in [0.717, 1.165) is 0 Å². The van der Waals surface area contributed by atoms with Crippen LogP contribution >= 0.6 is 15.9 Å². The first-order chi connectivity index (χ1) is 9.21. The molecule has 0 spiro atoms. The number of carbonyl (C=O) groups is 1. The number of alkyl halides is 3. The topological polar surface area (TPSA) is 63.5 Å². The molecule has 108 valence electrons. The van der Waals surface area contributed by atoms with E-state index in [1.54, 1.807) is 0 Å². The maximum absolute atomic E-state index is 12.4. The van der Waals surface area contributed by atoms with Crippen molar-refractivity contribution >= 4 is 27.5 Å². The summed E-state index contributed by atoms with van der Waals surface area (Å²) in [7, 11) is 0. The van der Waals surface area contributed by atoms with Gasteiger partial charge in [0.1, 0.15) is 0 Å². The number of hydrogen-bond donors (Lipinski definition) is 0. The standard InChI is InChI=1S/C11H8BrF3N2O3/c12-8-2-1-6-5-16(10(18)11(13,14)15)4-3-7(6)9(8)17(19)20/h1-2H,3-5H2. The predicted molar refractivity (Wildman–Crippen MR) is 66.0 cm³/mol. The van der Waals surface area contributed by atoms with Crippen LogP contribution in [0.25, 0.3) is 0 Å². The second kappa shape index (κ2) is 5.04. The molecule has 0 bridgehead atoms. The highest BCUT2D eigenvalue weighted by atomic mass is 79.9. The van der Waals surface area contributed by atoms with Crippen molar-refractivity contribution in [1.82, 2.24) is 4.90 Å². The Bertz CT molecular complexity index is 589. The highest BCUT2D eigenvalue weighted by Crippen LogP contribution is 2.35. The number of nitrogens with zero attached hydrogens (tertiary/aromatic N) is 2. The van der Waals surface area contributed by atoms with Gasteiger partial charge in [0.2, 0.25) is 0 Å². The Balaban J connectivity index is 2.35. The van der Waals surface area contributed by atoms with Gasteiger partial charge in [-0.05, 0) is 34.0 Å². The Labute approximate surface area is 119 Å². The lowest BCUT2D eigenvalue weighted by atomic mass is 9.98. The van der Waals surface area contributed by atoms with E-state index in [2.05, 4.69) is 15.9 Å². The number of benzene rings is 1. The highest BCUT2D eigenvalue weighted by molar-refractivity contribution is 9.10. The molecule has 2 rings (SSSR count). The zero-order valence-corrected chi connectivity index (χ0v) is 11.5. The molecule has 1 aliphatic rings. The van der Waals surface area contributed by atoms with Crippen LogP contribution in [0.4, 0.5) is 18.9 Å². The second-order valence-corrected chi connectivity index (χ2v) is 5.12. The molecule has 9 heteroatoms. The minimum atomic E-state index is -4.93. The predicted octanol–water partition coefficient (Wildman–Crippen LogP) is 2.80. The monoisotopic (exact) mass is 352 g/mol. The maximum Gasteiger partial charge on any atom is 0.471 e. The molecule has 1 amide bonds. The number of carbonyl (C=O) groups excluding carboxylic acids is 1. The van der Waals surface area contributed by atoms with Gasteiger partial charge in [0.15, 0.2) is 0 Å². The van der Waals surface area contributed by atoms with Crippen molar-refractivity contribution in [3.05, 3.63) is 37.8 Å². The third-order valence-electron chi connectivity index (χ3n) is 3.04. The van der Waals surface area contributed by atoms with Gasteiger partial charge in [-0.15, -0.1) is 0 Å². The first-order valence-electron chi connectivity index (χ1n) is 5.52. The molecule has 1 aromatic rings. The highest BCUT2D eigenvalue weighted by Gasteiger charge is 2.43. The first kappa shape index (κ1) is 14.8. The normalized spacial score (nSPS) is 14.9. The van der Waals surface area contributed by atoms with Crippen molar-refractivity contribution in [2.24, 2.45) is 0 Å². The van der Waals surface area contributed by atoms with Crippen LogP contribution in [-0.4, -0.2) is 28.5 Å². The van der Waals surface area contributed by atoms with Crippen molar-refractivity contribution in [2.75, 3.05) is 6.54 Å². The summed E-state index contributed by atoms with van der Waals surface area (Å²) in [6.07, 6.45) is -4.91. The van der Waals surface area contributed by atoms with Crippen molar-refractivity contribution < 1.29 is 22.9 Å². The average Bonchev–Trinajstić information content (AvgIpc) is 2.35. The molecule has 0 N–H and O–H groups in total. The van der Waals surface area contributed by atoms with Crippen molar-refractivity contribution in [2.45, 2.75) is 19.1 Å². The molecule has 0 atom stereocenters. The number of nitro benzene ring substituents is 1. The van der Waals surface area contributed by atoms with Gasteiger partial charge in [-0.25, -0.2) is 0 Å². The molecule has 5 nitrogen and oxygen atoms in total. The molecule has 0 aliphatic carbocycles. The lowest BCUT2D eigenvalue weighted by Gasteiger charge is -2.29. The largest absolute Gasteiger partial charge is 0.471 e. The SMILES string of the molecule is O=C(N1CCc2c(ccc(Br)c2[N+](=O)[O-])C1)C(F)(F)F. The third kappa shape index (κ3) is 2.62. The summed E-state index contributed by atoms with van der Waals surface area (Å²) in [6, 6.07) is 2.89. The Morgan fingerprint density at radius 1 is 1.40 bits per heavy atom. The van der Waals surface area contributed by atoms with Crippen LogP contribution < -0.4 is 0 Å². The van der Waals surface area contributed by atoms with Crippen molar-refractivity contribution in [1.29, 1.82) is 0 Å². The Morgan fingerprint density at radius 2 is 2.05 bits per heavy atom. The zero-order valence-electron chi connectivity index (χ0n) is 9.91. The van der Waals surface area contributed by atoms with E-state index < -0.39 is 17.0 Å². The van der Waals surface area contributed by atoms with Gasteiger partial charge >= 0.3 is 12.1 Å². The van der Waals surface area contributed by atoms with Gasteiger partial charge in [0.25, 0.3) is 5.69 Å². The van der Waals surface area contributed by atoms with Gasteiger partial charge in [-0.1, -0.05) is 6.07 Å². The summed E-state index contributed by atoms with van der Waals surface area (Å²) in [4.78, 5) is 22.2. The molecule has 20 heavy (non-hydrogen) atoms. The van der Waals surface area contributed by atoms with E-state index >= 15 is 0 Å². The lowest BCUT2D eigenvalue weighted by molar-refractivity contribution is -0.386. The quantitative estimate of drug-likeness (QED) is 0.576. The number of hydrogen-bond acceptors (Lipinski definition) is 3. The fourth-order valence-corrected chi connectivity index (χ4v) is 2.67. The zero-order chi connectivity index (χ0) is 15.1. The molecule has 0 fully saturated rings. The molecule has 0 unspecified atom stereocenters. The molecule has 0 aromatic heterocycles. The number of halogens is 4. The molecule has 0 radical (unpaired) electrons. The molecular weight excluding hydrogens is 345 g/mol. The molecule has 0 saturated heterocycles. The average molecular weight is 353 g/mol. The molecule has 1 heterocycles. The van der Waals surface area contributed by atoms with E-state index in [-0.39, 0.29) is 29.7 Å². The van der Waals surface area contributed by atoms with Crippen LogP contribution in [0, 0.1) is 10.1 Å². The van der Waals surface area contributed by atoms with Crippen LogP contribution in [0.2, 0.25) is 0 Å². The summed E-state index contributed by atoms with van der Waals surface area (Å²) in [5, 5.41) is 11.0. The first-order valence-corrected chi connectivity index (χ1v) is 6.32. The van der Waals surface area contributed by atoms with E-state index in [9.17, 15) is 28.1 Å². The second-order valence-electron chi connectivity index (χ2n) is 4.27. The summed E-state index contributed by atoms with van der Waals surface area (Å²) in [5.74, 6) is -1.92. The summed E-state index contributed by atoms with van der Waals surface area (Å²) in [6.45, 7) is -0.468. The molecule has 1 aromatic carbocycles. The lowest BCUT2D eigenvalue weighted by Crippen LogP contribution is -2.43. The maximum atomic E-state index is 12.4. The van der Waals surface area contributed by atoms with Crippen LogP contribution in [0.15, 0.2) is 16.6 Å². The van der Waals surface area contributed by atoms with Gasteiger partial charge in [0.05, 0.1) is 9.40 Å². The molecular formula is C11H8BrF3N2O3. The van der Waals surface area contributed by atoms with Crippen molar-refractivity contribution in [3.63, 3.8) is 0 Å². The third-order valence-corrected chi connectivity index (χ3v) is 3.68. The Hall–Kier alpha value is -1.64. The van der Waals surface area contributed by atoms with Gasteiger partial charge in [-0.3, -0.25) is 14.9 Å². The van der Waals surface area contributed by atoms with Gasteiger partial charge in [0, 0.05) is 18.7 Å². The minimum Gasteiger partial charge on any atom is -0.330 e. The van der Waals surface area contributed by atoms with E-state index in [4.69, 9.17) is 0 Å². The summed E-state index contributed by atoms with van der Waals surface area (Å²) < 4.78 is 37.4. The molecule has 1 aliphatic heterocycles. The summed E-state index contributed by atoms with van der Waals surface area (Å²) in [5.41, 5.74) is 0.584. The fourth-order valence-electron chi connectivity index (χ4n) is 2.16. The van der Waals surface area contributed by atoms with E-state index in [1.807, 2.05) is 0 Å². The number of nitro groups is 1. The van der Waals surface area contributed by atoms with Crippen LogP contribution in [0.1, 0.15) is 11.1 Å². The van der Waals surface area contributed by atoms with Crippen LogP contribution in [0.3, 0.4) is 0 Å². The van der Waals surface area contributed by atoms with Gasteiger partial charge < -0.3 is 4.90 Å². The Kier molecular flexibility index (Phi) is 3.72. The number of rotatable bonds is 1. The number of amides is 1. The number of fused-ring (bicyclic) bond motifs is 1. The Morgan fingerprint density at radius 3 is 2.60 bits per heavy atom. The fraction of sp³-hybridized carbons (Fsp3) is 0.364.